The fourth-order valence-electron chi connectivity index (χ4n) is 2.53. The largest absolute Gasteiger partial charge is 0.320 e. The molecule has 1 aromatic carbocycles. The van der Waals surface area contributed by atoms with Gasteiger partial charge in [-0.2, -0.15) is 5.26 Å². The maximum absolute atomic E-state index is 13.5. The summed E-state index contributed by atoms with van der Waals surface area (Å²) in [5.41, 5.74) is -0.710. The van der Waals surface area contributed by atoms with Gasteiger partial charge in [0, 0.05) is 0 Å². The van der Waals surface area contributed by atoms with Crippen LogP contribution in [0.2, 0.25) is 0 Å². The summed E-state index contributed by atoms with van der Waals surface area (Å²) in [5, 5.41) is 14.6. The van der Waals surface area contributed by atoms with E-state index in [9.17, 15) is 14.4 Å². The third-order valence-electron chi connectivity index (χ3n) is 3.65. The van der Waals surface area contributed by atoms with E-state index in [1.54, 1.807) is 12.1 Å². The number of hydrogen-bond acceptors (Lipinski definition) is 2. The van der Waals surface area contributed by atoms with Gasteiger partial charge in [0.05, 0.1) is 11.8 Å². The Balaban J connectivity index is 2.03. The Bertz CT molecular complexity index is 516. The molecule has 0 bridgehead atoms. The van der Waals surface area contributed by atoms with Crippen molar-refractivity contribution in [2.24, 2.45) is 0 Å². The van der Waals surface area contributed by atoms with Gasteiger partial charge in [0.1, 0.15) is 11.4 Å². The number of carbonyl (C=O) groups excluding carboxylic acids is 1. The molecule has 0 heterocycles. The van der Waals surface area contributed by atoms with Gasteiger partial charge < -0.3 is 10.6 Å². The van der Waals surface area contributed by atoms with Crippen LogP contribution in [0.15, 0.2) is 24.3 Å². The summed E-state index contributed by atoms with van der Waals surface area (Å²) in [5.74, 6) is -0.491. The second-order valence-corrected chi connectivity index (χ2v) is 5.17. The molecule has 1 saturated carbocycles. The van der Waals surface area contributed by atoms with E-state index in [1.165, 1.54) is 12.1 Å². The molecule has 0 unspecified atom stereocenters. The number of urea groups is 1. The lowest BCUT2D eigenvalue weighted by molar-refractivity contribution is 0.240. The fraction of sp³-hybridized carbons (Fsp3) is 0.467. The van der Waals surface area contributed by atoms with Crippen LogP contribution < -0.4 is 10.6 Å². The lowest BCUT2D eigenvalue weighted by Crippen LogP contribution is -2.48. The van der Waals surface area contributed by atoms with E-state index in [4.69, 9.17) is 0 Å². The molecule has 1 aliphatic carbocycles. The Hall–Kier alpha value is -2.09. The Morgan fingerprint density at radius 3 is 2.45 bits per heavy atom. The summed E-state index contributed by atoms with van der Waals surface area (Å²) >= 11 is 0. The van der Waals surface area contributed by atoms with E-state index >= 15 is 0 Å². The zero-order valence-corrected chi connectivity index (χ0v) is 11.3. The number of hydrogen-bond donors (Lipinski definition) is 2. The minimum Gasteiger partial charge on any atom is -0.319 e. The van der Waals surface area contributed by atoms with Gasteiger partial charge in [-0.15, -0.1) is 0 Å². The van der Waals surface area contributed by atoms with Crippen molar-refractivity contribution >= 4 is 11.7 Å². The topological polar surface area (TPSA) is 64.9 Å². The summed E-state index contributed by atoms with van der Waals surface area (Å²) in [7, 11) is 0. The predicted molar refractivity (Wildman–Crippen MR) is 74.6 cm³/mol. The minimum atomic E-state index is -0.828. The van der Waals surface area contributed by atoms with Crippen molar-refractivity contribution in [1.82, 2.24) is 5.32 Å². The highest BCUT2D eigenvalue weighted by molar-refractivity contribution is 5.90. The van der Waals surface area contributed by atoms with E-state index in [0.717, 1.165) is 25.7 Å². The molecule has 0 spiro atoms. The van der Waals surface area contributed by atoms with Crippen molar-refractivity contribution in [1.29, 1.82) is 5.26 Å². The van der Waals surface area contributed by atoms with Gasteiger partial charge in [0.2, 0.25) is 0 Å². The molecule has 4 nitrogen and oxygen atoms in total. The normalized spacial score (nSPS) is 17.6. The third kappa shape index (κ3) is 3.47. The monoisotopic (exact) mass is 275 g/mol. The molecular weight excluding hydrogens is 257 g/mol. The summed E-state index contributed by atoms with van der Waals surface area (Å²) in [6.07, 6.45) is 5.31. The number of nitriles is 1. The second-order valence-electron chi connectivity index (χ2n) is 5.17. The zero-order chi connectivity index (χ0) is 14.4. The smallest absolute Gasteiger partial charge is 0.319 e. The first-order chi connectivity index (χ1) is 9.65. The number of halogens is 1. The Morgan fingerprint density at radius 2 is 1.85 bits per heavy atom. The van der Waals surface area contributed by atoms with Gasteiger partial charge in [-0.1, -0.05) is 37.8 Å². The number of amides is 2. The van der Waals surface area contributed by atoms with Crippen LogP contribution in [0, 0.1) is 17.1 Å². The molecule has 0 saturated heterocycles. The lowest BCUT2D eigenvalue weighted by atomic mass is 9.92. The summed E-state index contributed by atoms with van der Waals surface area (Å²) in [6, 6.07) is 7.66. The van der Waals surface area contributed by atoms with Gasteiger partial charge in [0.15, 0.2) is 0 Å². The van der Waals surface area contributed by atoms with E-state index in [-0.39, 0.29) is 5.69 Å². The molecule has 2 N–H and O–H groups in total. The highest BCUT2D eigenvalue weighted by atomic mass is 19.1. The van der Waals surface area contributed by atoms with Gasteiger partial charge >= 0.3 is 6.03 Å². The highest BCUT2D eigenvalue weighted by Gasteiger charge is 2.32. The number of benzene rings is 1. The Kier molecular flexibility index (Phi) is 4.57. The molecule has 0 aromatic heterocycles. The fourth-order valence-corrected chi connectivity index (χ4v) is 2.53. The van der Waals surface area contributed by atoms with Crippen LogP contribution in [0.5, 0.6) is 0 Å². The molecule has 0 aliphatic heterocycles. The third-order valence-corrected chi connectivity index (χ3v) is 3.65. The molecule has 0 atom stereocenters. The average Bonchev–Trinajstić information content (AvgIpc) is 2.67. The number of para-hydroxylation sites is 1. The number of rotatable bonds is 2. The second kappa shape index (κ2) is 6.38. The number of nitrogens with one attached hydrogen (secondary N) is 2. The molecule has 2 rings (SSSR count). The molecule has 2 amide bonds. The Morgan fingerprint density at radius 1 is 1.20 bits per heavy atom. The first-order valence-corrected chi connectivity index (χ1v) is 6.90. The molecule has 106 valence electrons. The van der Waals surface area contributed by atoms with Crippen molar-refractivity contribution in [3.05, 3.63) is 30.1 Å². The van der Waals surface area contributed by atoms with Gasteiger partial charge in [0.25, 0.3) is 0 Å². The van der Waals surface area contributed by atoms with Crippen molar-refractivity contribution in [3.63, 3.8) is 0 Å². The predicted octanol–water partition coefficient (Wildman–Crippen LogP) is 3.56. The van der Waals surface area contributed by atoms with Crippen LogP contribution in [-0.2, 0) is 0 Å². The molecule has 5 heteroatoms. The molecule has 0 radical (unpaired) electrons. The number of nitrogens with zero attached hydrogens (tertiary/aromatic N) is 1. The van der Waals surface area contributed by atoms with Gasteiger partial charge in [-0.25, -0.2) is 9.18 Å². The standard InChI is InChI=1S/C15H18FN3O/c16-12-7-3-4-8-13(12)18-14(20)19-15(11-17)9-5-1-2-6-10-15/h3-4,7-8H,1-2,5-6,9-10H2,(H2,18,19,20). The highest BCUT2D eigenvalue weighted by Crippen LogP contribution is 2.26. The summed E-state index contributed by atoms with van der Waals surface area (Å²) < 4.78 is 13.5. The SMILES string of the molecule is N#CC1(NC(=O)Nc2ccccc2F)CCCCCC1. The quantitative estimate of drug-likeness (QED) is 0.810. The molecule has 1 aliphatic rings. The van der Waals surface area contributed by atoms with Crippen LogP contribution in [0.3, 0.4) is 0 Å². The van der Waals surface area contributed by atoms with Crippen LogP contribution in [0.1, 0.15) is 38.5 Å². The molecule has 1 aromatic rings. The first kappa shape index (κ1) is 14.3. The first-order valence-electron chi connectivity index (χ1n) is 6.90. The maximum Gasteiger partial charge on any atom is 0.320 e. The van der Waals surface area contributed by atoms with Crippen molar-refractivity contribution in [3.8, 4) is 6.07 Å². The number of anilines is 1. The van der Waals surface area contributed by atoms with Crippen molar-refractivity contribution in [2.75, 3.05) is 5.32 Å². The number of carbonyl (C=O) groups is 1. The lowest BCUT2D eigenvalue weighted by Gasteiger charge is -2.26. The molecular formula is C15H18FN3O. The van der Waals surface area contributed by atoms with Crippen molar-refractivity contribution < 1.29 is 9.18 Å². The zero-order valence-electron chi connectivity index (χ0n) is 11.3. The van der Waals surface area contributed by atoms with E-state index in [0.29, 0.717) is 12.8 Å². The van der Waals surface area contributed by atoms with Crippen LogP contribution >= 0.6 is 0 Å². The molecule has 20 heavy (non-hydrogen) atoms. The minimum absolute atomic E-state index is 0.117. The van der Waals surface area contributed by atoms with E-state index < -0.39 is 17.4 Å². The Labute approximate surface area is 118 Å². The summed E-state index contributed by atoms with van der Waals surface area (Å²) in [6.45, 7) is 0. The van der Waals surface area contributed by atoms with Gasteiger partial charge in [-0.3, -0.25) is 0 Å². The van der Waals surface area contributed by atoms with E-state index in [1.807, 2.05) is 0 Å². The van der Waals surface area contributed by atoms with Crippen LogP contribution in [0.4, 0.5) is 14.9 Å². The maximum atomic E-state index is 13.5. The average molecular weight is 275 g/mol. The van der Waals surface area contributed by atoms with Gasteiger partial charge in [-0.05, 0) is 25.0 Å². The van der Waals surface area contributed by atoms with Crippen molar-refractivity contribution in [2.45, 2.75) is 44.1 Å². The van der Waals surface area contributed by atoms with E-state index in [2.05, 4.69) is 16.7 Å². The van der Waals surface area contributed by atoms with Crippen LogP contribution in [-0.4, -0.2) is 11.6 Å². The summed E-state index contributed by atoms with van der Waals surface area (Å²) in [4.78, 5) is 12.0. The molecule has 1 fully saturated rings. The van der Waals surface area contributed by atoms with Crippen LogP contribution in [0.25, 0.3) is 0 Å².